The molecule has 0 unspecified atom stereocenters. The lowest BCUT2D eigenvalue weighted by atomic mass is 9.96. The van der Waals surface area contributed by atoms with Gasteiger partial charge in [0.25, 0.3) is 0 Å². The van der Waals surface area contributed by atoms with Gasteiger partial charge in [-0.1, -0.05) is 0 Å². The Morgan fingerprint density at radius 1 is 0.235 bits per heavy atom. The Labute approximate surface area is 185 Å². The molecule has 0 spiro atoms. The third-order valence-corrected chi connectivity index (χ3v) is 5.69. The van der Waals surface area contributed by atoms with E-state index in [1.54, 1.807) is 0 Å². The average Bonchev–Trinajstić information content (AvgIpc) is 2.82. The quantitative estimate of drug-likeness (QED) is 0.113. The number of nitrogens with one attached hydrogen (secondary N) is 2. The summed E-state index contributed by atoms with van der Waals surface area (Å²) in [5.74, 6) is -13.2. The standard InChI is InChI=1S/C20H14N2O12/c23-9-1-3(13(27)19(33)17(9)31)11(25)15(29)7-5(1)21-8-6(22-7)2-4(12(26)16(8)30)14(28)20(34)18(32)10(2)24/h21-34H. The van der Waals surface area contributed by atoms with Crippen LogP contribution in [0.3, 0.4) is 0 Å². The van der Waals surface area contributed by atoms with Crippen molar-refractivity contribution in [2.45, 2.75) is 0 Å². The van der Waals surface area contributed by atoms with E-state index in [0.717, 1.165) is 0 Å². The molecule has 1 aliphatic rings. The molecule has 0 bridgehead atoms. The van der Waals surface area contributed by atoms with E-state index >= 15 is 0 Å². The highest BCUT2D eigenvalue weighted by molar-refractivity contribution is 6.22. The molecule has 0 saturated carbocycles. The summed E-state index contributed by atoms with van der Waals surface area (Å²) in [6.07, 6.45) is 0. The van der Waals surface area contributed by atoms with Gasteiger partial charge in [0.2, 0.25) is 23.0 Å². The molecule has 176 valence electrons. The summed E-state index contributed by atoms with van der Waals surface area (Å²) in [4.78, 5) is 0. The molecule has 4 aromatic rings. The van der Waals surface area contributed by atoms with E-state index in [1.165, 1.54) is 0 Å². The second-order valence-corrected chi connectivity index (χ2v) is 7.43. The predicted octanol–water partition coefficient (Wildman–Crippen LogP) is 2.26. The first kappa shape index (κ1) is 20.5. The van der Waals surface area contributed by atoms with Crippen LogP contribution in [-0.2, 0) is 0 Å². The summed E-state index contributed by atoms with van der Waals surface area (Å²) >= 11 is 0. The van der Waals surface area contributed by atoms with Crippen LogP contribution in [0.4, 0.5) is 22.7 Å². The Hall–Kier alpha value is -5.40. The van der Waals surface area contributed by atoms with E-state index in [0.29, 0.717) is 0 Å². The molecule has 34 heavy (non-hydrogen) atoms. The minimum absolute atomic E-state index is 0.387. The first-order valence-electron chi connectivity index (χ1n) is 9.18. The van der Waals surface area contributed by atoms with Crippen molar-refractivity contribution in [3.63, 3.8) is 0 Å². The van der Waals surface area contributed by atoms with Crippen molar-refractivity contribution in [2.24, 2.45) is 0 Å². The van der Waals surface area contributed by atoms with Crippen LogP contribution < -0.4 is 10.6 Å². The summed E-state index contributed by atoms with van der Waals surface area (Å²) in [5, 5.41) is 125. The molecule has 0 aliphatic carbocycles. The van der Waals surface area contributed by atoms with Gasteiger partial charge in [0.05, 0.1) is 32.9 Å². The van der Waals surface area contributed by atoms with Gasteiger partial charge in [-0.2, -0.15) is 0 Å². The van der Waals surface area contributed by atoms with Gasteiger partial charge < -0.3 is 71.9 Å². The number of fused-ring (bicyclic) bond motifs is 6. The Morgan fingerprint density at radius 2 is 0.471 bits per heavy atom. The largest absolute Gasteiger partial charge is 0.504 e. The second-order valence-electron chi connectivity index (χ2n) is 7.43. The zero-order valence-corrected chi connectivity index (χ0v) is 16.4. The molecule has 4 aromatic carbocycles. The van der Waals surface area contributed by atoms with Crippen molar-refractivity contribution in [3.8, 4) is 69.0 Å². The van der Waals surface area contributed by atoms with Gasteiger partial charge in [0.15, 0.2) is 46.0 Å². The van der Waals surface area contributed by atoms with Crippen molar-refractivity contribution < 1.29 is 61.3 Å². The third kappa shape index (κ3) is 2.12. The minimum atomic E-state index is -1.20. The van der Waals surface area contributed by atoms with Crippen LogP contribution in [0.1, 0.15) is 0 Å². The molecule has 0 fully saturated rings. The Morgan fingerprint density at radius 3 is 0.765 bits per heavy atom. The first-order chi connectivity index (χ1) is 15.9. The Kier molecular flexibility index (Phi) is 3.68. The van der Waals surface area contributed by atoms with Crippen LogP contribution in [0, 0.1) is 0 Å². The van der Waals surface area contributed by atoms with E-state index in [4.69, 9.17) is 0 Å². The average molecular weight is 474 g/mol. The molecule has 0 aromatic heterocycles. The number of rotatable bonds is 0. The van der Waals surface area contributed by atoms with Gasteiger partial charge >= 0.3 is 0 Å². The fourth-order valence-corrected chi connectivity index (χ4v) is 4.05. The van der Waals surface area contributed by atoms with Crippen molar-refractivity contribution in [1.29, 1.82) is 0 Å². The summed E-state index contributed by atoms with van der Waals surface area (Å²) in [5.41, 5.74) is -1.70. The lowest BCUT2D eigenvalue weighted by molar-refractivity contribution is 0.349. The van der Waals surface area contributed by atoms with Crippen LogP contribution in [0.25, 0.3) is 21.5 Å². The fourth-order valence-electron chi connectivity index (χ4n) is 4.05. The van der Waals surface area contributed by atoms with Gasteiger partial charge in [-0.25, -0.2) is 0 Å². The summed E-state index contributed by atoms with van der Waals surface area (Å²) in [7, 11) is 0. The lowest BCUT2D eigenvalue weighted by Crippen LogP contribution is -2.09. The normalized spacial score (nSPS) is 12.2. The van der Waals surface area contributed by atoms with Gasteiger partial charge in [-0.3, -0.25) is 0 Å². The van der Waals surface area contributed by atoms with Gasteiger partial charge in [0, 0.05) is 0 Å². The van der Waals surface area contributed by atoms with Gasteiger partial charge in [0.1, 0.15) is 11.4 Å². The number of phenolic OH excluding ortho intramolecular Hbond substituents is 12. The molecule has 0 radical (unpaired) electrons. The van der Waals surface area contributed by atoms with E-state index in [2.05, 4.69) is 10.6 Å². The van der Waals surface area contributed by atoms with Crippen molar-refractivity contribution in [2.75, 3.05) is 10.6 Å². The Bertz CT molecular complexity index is 1510. The van der Waals surface area contributed by atoms with Crippen molar-refractivity contribution in [3.05, 3.63) is 0 Å². The molecule has 1 aliphatic heterocycles. The number of aromatic hydroxyl groups is 12. The maximum Gasteiger partial charge on any atom is 0.205 e. The van der Waals surface area contributed by atoms with Crippen LogP contribution in [0.15, 0.2) is 0 Å². The highest BCUT2D eigenvalue weighted by Gasteiger charge is 2.35. The summed E-state index contributed by atoms with van der Waals surface area (Å²) in [6.45, 7) is 0. The SMILES string of the molecule is Oc1c(O)c(O)c2c3c(c(O)c(O)c2c1O)Nc1c(c(O)c(O)c2c(O)c(O)c(O)c(O)c12)N3. The van der Waals surface area contributed by atoms with Gasteiger partial charge in [-0.15, -0.1) is 0 Å². The highest BCUT2D eigenvalue weighted by atomic mass is 16.4. The van der Waals surface area contributed by atoms with E-state index in [-0.39, 0.29) is 11.4 Å². The molecule has 14 nitrogen and oxygen atoms in total. The van der Waals surface area contributed by atoms with E-state index < -0.39 is 102 Å². The maximum atomic E-state index is 10.6. The minimum Gasteiger partial charge on any atom is -0.504 e. The highest BCUT2D eigenvalue weighted by Crippen LogP contribution is 2.65. The molecular weight excluding hydrogens is 460 g/mol. The molecule has 5 rings (SSSR count). The molecular formula is C20H14N2O12. The topological polar surface area (TPSA) is 267 Å². The monoisotopic (exact) mass is 474 g/mol. The molecule has 0 amide bonds. The van der Waals surface area contributed by atoms with Crippen LogP contribution >= 0.6 is 0 Å². The second kappa shape index (κ2) is 6.10. The number of anilines is 4. The van der Waals surface area contributed by atoms with Gasteiger partial charge in [-0.05, 0) is 0 Å². The number of hydrogen-bond donors (Lipinski definition) is 14. The van der Waals surface area contributed by atoms with Crippen molar-refractivity contribution in [1.82, 2.24) is 0 Å². The zero-order chi connectivity index (χ0) is 25.0. The van der Waals surface area contributed by atoms with Crippen LogP contribution in [-0.4, -0.2) is 61.3 Å². The lowest BCUT2D eigenvalue weighted by Gasteiger charge is -2.29. The number of phenols is 12. The first-order valence-corrected chi connectivity index (χ1v) is 9.18. The van der Waals surface area contributed by atoms with Crippen LogP contribution in [0.2, 0.25) is 0 Å². The van der Waals surface area contributed by atoms with Crippen molar-refractivity contribution >= 4 is 44.3 Å². The number of hydrogen-bond acceptors (Lipinski definition) is 14. The molecule has 14 heteroatoms. The zero-order valence-electron chi connectivity index (χ0n) is 16.4. The molecule has 0 atom stereocenters. The molecule has 0 saturated heterocycles. The summed E-state index contributed by atoms with van der Waals surface area (Å²) in [6, 6.07) is 0. The van der Waals surface area contributed by atoms with E-state index in [1.807, 2.05) is 0 Å². The summed E-state index contributed by atoms with van der Waals surface area (Å²) < 4.78 is 0. The van der Waals surface area contributed by atoms with E-state index in [9.17, 15) is 61.3 Å². The van der Waals surface area contributed by atoms with Crippen LogP contribution in [0.5, 0.6) is 69.0 Å². The predicted molar refractivity (Wildman–Crippen MR) is 114 cm³/mol. The molecule has 1 heterocycles. The Balaban J connectivity index is 1.96. The third-order valence-electron chi connectivity index (χ3n) is 5.69. The smallest absolute Gasteiger partial charge is 0.205 e. The fraction of sp³-hybridized carbons (Fsp3) is 0. The molecule has 14 N–H and O–H groups in total. The number of benzene rings is 4. The maximum absolute atomic E-state index is 10.6.